The highest BCUT2D eigenvalue weighted by Gasteiger charge is 2.62. The third kappa shape index (κ3) is 6.68. The van der Waals surface area contributed by atoms with E-state index >= 15 is 0 Å². The number of para-hydroxylation sites is 1. The molecule has 5 atom stereocenters. The molecule has 11 heteroatoms. The van der Waals surface area contributed by atoms with Crippen LogP contribution < -0.4 is 9.46 Å². The number of ether oxygens (including phenoxy) is 1. The molecule has 0 spiro atoms. The lowest BCUT2D eigenvalue weighted by molar-refractivity contribution is -0.142. The summed E-state index contributed by atoms with van der Waals surface area (Å²) in [5.41, 5.74) is 0.746. The summed E-state index contributed by atoms with van der Waals surface area (Å²) in [6.07, 6.45) is 10.1. The minimum absolute atomic E-state index is 0.0734. The van der Waals surface area contributed by atoms with Gasteiger partial charge in [-0.2, -0.15) is 0 Å². The lowest BCUT2D eigenvalue weighted by Gasteiger charge is -2.29. The molecule has 7 rings (SSSR count). The van der Waals surface area contributed by atoms with Crippen LogP contribution in [-0.4, -0.2) is 59.3 Å². The summed E-state index contributed by atoms with van der Waals surface area (Å²) in [5, 5.41) is 0.492. The summed E-state index contributed by atoms with van der Waals surface area (Å²) < 4.78 is 35.0. The largest absolute Gasteiger partial charge is 0.465 e. The van der Waals surface area contributed by atoms with Crippen molar-refractivity contribution >= 4 is 49.2 Å². The molecule has 48 heavy (non-hydrogen) atoms. The Morgan fingerprint density at radius 2 is 1.83 bits per heavy atom. The number of hydrogen-bond acceptors (Lipinski definition) is 8. The van der Waals surface area contributed by atoms with E-state index in [1.165, 1.54) is 11.3 Å². The molecule has 3 aromatic rings. The second kappa shape index (κ2) is 13.0. The van der Waals surface area contributed by atoms with Gasteiger partial charge in [-0.25, -0.2) is 13.4 Å². The first-order valence-corrected chi connectivity index (χ1v) is 19.5. The summed E-state index contributed by atoms with van der Waals surface area (Å²) in [5.74, 6) is -1.45. The van der Waals surface area contributed by atoms with Gasteiger partial charge in [0.2, 0.25) is 21.8 Å². The third-order valence-electron chi connectivity index (χ3n) is 10.8. The number of fused-ring (bicyclic) bond motifs is 3. The molecule has 2 aliphatic heterocycles. The number of thiazole rings is 1. The van der Waals surface area contributed by atoms with E-state index in [0.29, 0.717) is 37.3 Å². The standard InChI is InChI=1S/C37H43N3O6S2/c1-36(18-19-36)48(44,45)39-34(43)37-22-27(37)15-9-4-2-3-8-14-26(20-25-12-6-5-7-13-25)33(42)40-24-28(21-30(40)31(41)23-37)46-35-38-29-16-10-11-17-32(29)47-35/h5-7,9-13,15-17,26-28,30H,2-4,8,14,18-24H2,1H3,(H,39,43)/b15-9-/t26-,27+,28-,30+,37-/m1/s1. The molecule has 0 unspecified atom stereocenters. The summed E-state index contributed by atoms with van der Waals surface area (Å²) in [4.78, 5) is 49.0. The zero-order valence-electron chi connectivity index (χ0n) is 27.3. The van der Waals surface area contributed by atoms with E-state index in [-0.39, 0.29) is 42.9 Å². The number of nitrogens with one attached hydrogen (secondary N) is 1. The Kier molecular flexibility index (Phi) is 8.95. The summed E-state index contributed by atoms with van der Waals surface area (Å²) >= 11 is 1.43. The number of nitrogens with zero attached hydrogens (tertiary/aromatic N) is 2. The first-order chi connectivity index (χ1) is 23.1. The number of rotatable bonds is 7. The van der Waals surface area contributed by atoms with Crippen LogP contribution in [0.2, 0.25) is 0 Å². The predicted octanol–water partition coefficient (Wildman–Crippen LogP) is 5.99. The van der Waals surface area contributed by atoms with Gasteiger partial charge in [0.15, 0.2) is 5.78 Å². The maximum atomic E-state index is 14.5. The van der Waals surface area contributed by atoms with E-state index in [0.717, 1.165) is 41.5 Å². The predicted molar refractivity (Wildman–Crippen MR) is 185 cm³/mol. The monoisotopic (exact) mass is 689 g/mol. The second-order valence-corrected chi connectivity index (χ2v) is 17.6. The average molecular weight is 690 g/mol. The van der Waals surface area contributed by atoms with Gasteiger partial charge in [-0.05, 0) is 75.5 Å². The Hall–Kier alpha value is -3.57. The van der Waals surface area contributed by atoms with Gasteiger partial charge in [-0.1, -0.05) is 78.8 Å². The van der Waals surface area contributed by atoms with Crippen molar-refractivity contribution in [3.8, 4) is 5.19 Å². The highest BCUT2D eigenvalue weighted by molar-refractivity contribution is 7.91. The van der Waals surface area contributed by atoms with Crippen LogP contribution in [0, 0.1) is 17.3 Å². The van der Waals surface area contributed by atoms with Crippen LogP contribution in [0.5, 0.6) is 5.19 Å². The lowest BCUT2D eigenvalue weighted by Crippen LogP contribution is -2.47. The van der Waals surface area contributed by atoms with Gasteiger partial charge in [-0.3, -0.25) is 19.1 Å². The van der Waals surface area contributed by atoms with Crippen LogP contribution in [0.3, 0.4) is 0 Å². The summed E-state index contributed by atoms with van der Waals surface area (Å²) in [6.45, 7) is 1.89. The first-order valence-electron chi connectivity index (χ1n) is 17.2. The molecule has 1 N–H and O–H groups in total. The van der Waals surface area contributed by atoms with Crippen LogP contribution in [-0.2, 0) is 30.8 Å². The van der Waals surface area contributed by atoms with Crippen molar-refractivity contribution in [2.45, 2.75) is 94.4 Å². The third-order valence-corrected chi connectivity index (χ3v) is 13.9. The summed E-state index contributed by atoms with van der Waals surface area (Å²) in [6, 6.07) is 17.0. The number of ketones is 1. The molecule has 1 saturated heterocycles. The fraction of sp³-hybridized carbons (Fsp3) is 0.514. The van der Waals surface area contributed by atoms with E-state index in [1.54, 1.807) is 11.8 Å². The van der Waals surface area contributed by atoms with E-state index in [9.17, 15) is 22.8 Å². The van der Waals surface area contributed by atoms with Gasteiger partial charge in [-0.15, -0.1) is 0 Å². The van der Waals surface area contributed by atoms with E-state index in [2.05, 4.69) is 15.8 Å². The molecule has 1 aromatic heterocycles. The van der Waals surface area contributed by atoms with Gasteiger partial charge in [0.1, 0.15) is 6.10 Å². The molecule has 3 fully saturated rings. The lowest BCUT2D eigenvalue weighted by atomic mass is 9.90. The van der Waals surface area contributed by atoms with Crippen molar-refractivity contribution in [1.82, 2.24) is 14.6 Å². The van der Waals surface area contributed by atoms with Gasteiger partial charge in [0.25, 0.3) is 5.19 Å². The highest BCUT2D eigenvalue weighted by atomic mass is 32.2. The van der Waals surface area contributed by atoms with Crippen molar-refractivity contribution < 1.29 is 27.5 Å². The maximum Gasteiger partial charge on any atom is 0.274 e. The molecule has 0 bridgehead atoms. The molecule has 2 amide bonds. The van der Waals surface area contributed by atoms with Crippen LogP contribution >= 0.6 is 11.3 Å². The smallest absolute Gasteiger partial charge is 0.274 e. The molecular weight excluding hydrogens is 647 g/mol. The fourth-order valence-corrected chi connectivity index (χ4v) is 9.58. The average Bonchev–Trinajstić information content (AvgIpc) is 3.87. The maximum absolute atomic E-state index is 14.5. The summed E-state index contributed by atoms with van der Waals surface area (Å²) in [7, 11) is -3.87. The van der Waals surface area contributed by atoms with Crippen molar-refractivity contribution in [2.24, 2.45) is 17.3 Å². The van der Waals surface area contributed by atoms with Crippen LogP contribution in [0.1, 0.15) is 76.7 Å². The first kappa shape index (κ1) is 33.0. The van der Waals surface area contributed by atoms with Gasteiger partial charge in [0, 0.05) is 18.8 Å². The second-order valence-electron chi connectivity index (χ2n) is 14.4. The van der Waals surface area contributed by atoms with Crippen LogP contribution in [0.15, 0.2) is 66.7 Å². The molecule has 2 saturated carbocycles. The quantitative estimate of drug-likeness (QED) is 0.303. The Labute approximate surface area is 286 Å². The molecule has 254 valence electrons. The zero-order chi connectivity index (χ0) is 33.5. The number of amides is 2. The number of carbonyl (C=O) groups excluding carboxylic acids is 3. The Bertz CT molecular complexity index is 1800. The van der Waals surface area contributed by atoms with Crippen LogP contribution in [0.4, 0.5) is 0 Å². The normalized spacial score (nSPS) is 29.6. The van der Waals surface area contributed by atoms with E-state index in [4.69, 9.17) is 4.74 Å². The van der Waals surface area contributed by atoms with Gasteiger partial charge >= 0.3 is 0 Å². The number of allylic oxidation sites excluding steroid dienone is 2. The number of sulfonamides is 1. The number of Topliss-reactive ketones (excluding diaryl/α,β-unsaturated/α-hetero) is 1. The topological polar surface area (TPSA) is 123 Å². The number of hydrogen-bond donors (Lipinski definition) is 1. The Morgan fingerprint density at radius 1 is 1.06 bits per heavy atom. The Balaban J connectivity index is 1.18. The molecule has 9 nitrogen and oxygen atoms in total. The van der Waals surface area contributed by atoms with Crippen LogP contribution in [0.25, 0.3) is 10.2 Å². The van der Waals surface area contributed by atoms with Gasteiger partial charge in [0.05, 0.1) is 33.0 Å². The molecule has 4 aliphatic rings. The molecular formula is C37H43N3O6S2. The minimum atomic E-state index is -3.87. The highest BCUT2D eigenvalue weighted by Crippen LogP contribution is 2.57. The van der Waals surface area contributed by atoms with E-state index < -0.39 is 38.2 Å². The van der Waals surface area contributed by atoms with Crippen molar-refractivity contribution in [1.29, 1.82) is 0 Å². The molecule has 2 aliphatic carbocycles. The van der Waals surface area contributed by atoms with Gasteiger partial charge < -0.3 is 9.64 Å². The van der Waals surface area contributed by atoms with Crippen molar-refractivity contribution in [3.05, 3.63) is 72.3 Å². The number of aromatic nitrogens is 1. The van der Waals surface area contributed by atoms with Crippen molar-refractivity contribution in [2.75, 3.05) is 6.54 Å². The molecule has 3 heterocycles. The molecule has 2 aromatic carbocycles. The minimum Gasteiger partial charge on any atom is -0.465 e. The van der Waals surface area contributed by atoms with E-state index in [1.807, 2.05) is 60.7 Å². The number of benzene rings is 2. The fourth-order valence-electron chi connectivity index (χ4n) is 7.36. The number of carbonyl (C=O) groups is 3. The molecule has 0 radical (unpaired) electrons. The van der Waals surface area contributed by atoms with Crippen molar-refractivity contribution in [3.63, 3.8) is 0 Å². The Morgan fingerprint density at radius 3 is 2.60 bits per heavy atom. The zero-order valence-corrected chi connectivity index (χ0v) is 28.9. The SMILES string of the molecule is CC1(S(=O)(=O)NC(=O)[C@]23CC(=O)[C@@H]4C[C@@H](Oc5nc6ccccc6s5)CN4C(=O)[C@@H](Cc4ccccc4)CCCCC/C=C\[C@H]2C3)CC1.